The van der Waals surface area contributed by atoms with Crippen molar-refractivity contribution in [2.45, 2.75) is 0 Å². The molecule has 68 valence electrons. The van der Waals surface area contributed by atoms with E-state index >= 15 is 0 Å². The number of aromatic nitrogens is 4. The van der Waals surface area contributed by atoms with Crippen LogP contribution in [-0.2, 0) is 0 Å². The van der Waals surface area contributed by atoms with Gasteiger partial charge in [-0.1, -0.05) is 0 Å². The predicted molar refractivity (Wildman–Crippen MR) is 55.0 cm³/mol. The third-order valence-electron chi connectivity index (χ3n) is 1.96. The number of rotatable bonds is 1. The molecule has 4 nitrogen and oxygen atoms in total. The van der Waals surface area contributed by atoms with Gasteiger partial charge in [0.05, 0.1) is 5.52 Å². The minimum Gasteiger partial charge on any atom is -0.275 e. The van der Waals surface area contributed by atoms with Gasteiger partial charge in [0, 0.05) is 17.8 Å². The molecule has 3 rings (SSSR count). The number of thiazole rings is 1. The third-order valence-corrected chi connectivity index (χ3v) is 2.73. The minimum absolute atomic E-state index is 0.829. The van der Waals surface area contributed by atoms with Crippen LogP contribution in [0.25, 0.3) is 21.7 Å². The molecule has 0 atom stereocenters. The van der Waals surface area contributed by atoms with E-state index in [0.717, 1.165) is 21.7 Å². The summed E-state index contributed by atoms with van der Waals surface area (Å²) in [6, 6.07) is 3.83. The molecular weight excluding hydrogens is 196 g/mol. The van der Waals surface area contributed by atoms with Gasteiger partial charge in [-0.15, -0.1) is 11.3 Å². The quantitative estimate of drug-likeness (QED) is 0.657. The second-order valence-electron chi connectivity index (χ2n) is 2.81. The Labute approximate surface area is 83.6 Å². The van der Waals surface area contributed by atoms with Gasteiger partial charge in [-0.25, -0.2) is 4.98 Å². The van der Waals surface area contributed by atoms with Gasteiger partial charge in [0.15, 0.2) is 0 Å². The normalized spacial score (nSPS) is 10.9. The predicted octanol–water partition coefficient (Wildman–Crippen LogP) is 2.08. The smallest absolute Gasteiger partial charge is 0.147 e. The van der Waals surface area contributed by atoms with E-state index in [4.69, 9.17) is 0 Å². The van der Waals surface area contributed by atoms with Crippen LogP contribution < -0.4 is 0 Å². The van der Waals surface area contributed by atoms with Crippen molar-refractivity contribution in [3.05, 3.63) is 29.9 Å². The highest BCUT2D eigenvalue weighted by Gasteiger charge is 2.10. The van der Waals surface area contributed by atoms with Gasteiger partial charge in [-0.2, -0.15) is 5.10 Å². The van der Waals surface area contributed by atoms with Crippen LogP contribution in [0.3, 0.4) is 0 Å². The standard InChI is InChI=1S/C9H6N4S/c1-2-6-7(10-3-1)8(13-12-6)9-11-4-5-14-9/h1-5H,(H,12,13). The van der Waals surface area contributed by atoms with E-state index in [0.29, 0.717) is 0 Å². The molecule has 0 aromatic carbocycles. The van der Waals surface area contributed by atoms with Crippen molar-refractivity contribution in [3.8, 4) is 10.7 Å². The Morgan fingerprint density at radius 2 is 2.21 bits per heavy atom. The summed E-state index contributed by atoms with van der Waals surface area (Å²) >= 11 is 1.56. The van der Waals surface area contributed by atoms with Crippen molar-refractivity contribution in [2.75, 3.05) is 0 Å². The zero-order chi connectivity index (χ0) is 9.38. The average Bonchev–Trinajstić information content (AvgIpc) is 2.85. The molecule has 0 saturated carbocycles. The lowest BCUT2D eigenvalue weighted by atomic mass is 10.3. The number of aromatic amines is 1. The van der Waals surface area contributed by atoms with Gasteiger partial charge < -0.3 is 0 Å². The number of nitrogens with zero attached hydrogens (tertiary/aromatic N) is 3. The fourth-order valence-corrected chi connectivity index (χ4v) is 1.97. The Morgan fingerprint density at radius 1 is 1.21 bits per heavy atom. The molecule has 0 unspecified atom stereocenters. The fourth-order valence-electron chi connectivity index (χ4n) is 1.34. The van der Waals surface area contributed by atoms with Crippen LogP contribution in [0.5, 0.6) is 0 Å². The van der Waals surface area contributed by atoms with Gasteiger partial charge in [-0.3, -0.25) is 10.1 Å². The Kier molecular flexibility index (Phi) is 1.57. The van der Waals surface area contributed by atoms with Gasteiger partial charge in [0.2, 0.25) is 0 Å². The Bertz CT molecular complexity index is 555. The van der Waals surface area contributed by atoms with Gasteiger partial charge >= 0.3 is 0 Å². The minimum atomic E-state index is 0.829. The monoisotopic (exact) mass is 202 g/mol. The van der Waals surface area contributed by atoms with E-state index in [1.54, 1.807) is 23.7 Å². The number of nitrogens with one attached hydrogen (secondary N) is 1. The van der Waals surface area contributed by atoms with Gasteiger partial charge in [0.25, 0.3) is 0 Å². The van der Waals surface area contributed by atoms with E-state index in [2.05, 4.69) is 20.2 Å². The van der Waals surface area contributed by atoms with Gasteiger partial charge in [0.1, 0.15) is 16.2 Å². The zero-order valence-corrected chi connectivity index (χ0v) is 7.95. The molecule has 5 heteroatoms. The summed E-state index contributed by atoms with van der Waals surface area (Å²) in [5.74, 6) is 0. The zero-order valence-electron chi connectivity index (χ0n) is 7.14. The van der Waals surface area contributed by atoms with Crippen LogP contribution in [0, 0.1) is 0 Å². The first-order valence-corrected chi connectivity index (χ1v) is 5.02. The summed E-state index contributed by atoms with van der Waals surface area (Å²) in [5.41, 5.74) is 2.65. The molecule has 3 aromatic heterocycles. The fraction of sp³-hybridized carbons (Fsp3) is 0. The number of fused-ring (bicyclic) bond motifs is 1. The van der Waals surface area contributed by atoms with Crippen molar-refractivity contribution in [2.24, 2.45) is 0 Å². The number of H-pyrrole nitrogens is 1. The molecule has 0 amide bonds. The maximum Gasteiger partial charge on any atom is 0.147 e. The van der Waals surface area contributed by atoms with E-state index in [1.165, 1.54) is 0 Å². The van der Waals surface area contributed by atoms with Crippen LogP contribution in [-0.4, -0.2) is 20.2 Å². The van der Waals surface area contributed by atoms with Crippen molar-refractivity contribution in [3.63, 3.8) is 0 Å². The molecule has 3 heterocycles. The largest absolute Gasteiger partial charge is 0.275 e. The molecule has 0 saturated heterocycles. The number of pyridine rings is 1. The second kappa shape index (κ2) is 2.88. The summed E-state index contributed by atoms with van der Waals surface area (Å²) in [4.78, 5) is 8.47. The SMILES string of the molecule is c1cnc2c(-c3nccs3)n[nH]c2c1. The molecular formula is C9H6N4S. The summed E-state index contributed by atoms with van der Waals surface area (Å²) < 4.78 is 0. The molecule has 0 radical (unpaired) electrons. The molecule has 0 aliphatic heterocycles. The summed E-state index contributed by atoms with van der Waals surface area (Å²) in [6.07, 6.45) is 3.53. The maximum atomic E-state index is 4.27. The molecule has 0 fully saturated rings. The third kappa shape index (κ3) is 1.03. The Morgan fingerprint density at radius 3 is 3.07 bits per heavy atom. The van der Waals surface area contributed by atoms with Crippen LogP contribution in [0.2, 0.25) is 0 Å². The highest BCUT2D eigenvalue weighted by Crippen LogP contribution is 2.25. The Hall–Kier alpha value is -1.75. The molecule has 1 N–H and O–H groups in total. The van der Waals surface area contributed by atoms with E-state index in [-0.39, 0.29) is 0 Å². The average molecular weight is 202 g/mol. The van der Waals surface area contributed by atoms with Crippen LogP contribution in [0.1, 0.15) is 0 Å². The molecule has 0 spiro atoms. The molecule has 0 aliphatic rings. The van der Waals surface area contributed by atoms with Crippen LogP contribution >= 0.6 is 11.3 Å². The first-order valence-electron chi connectivity index (χ1n) is 4.14. The first-order chi connectivity index (χ1) is 6.95. The lowest BCUT2D eigenvalue weighted by Crippen LogP contribution is -1.78. The van der Waals surface area contributed by atoms with E-state index in [1.807, 2.05) is 17.5 Å². The Balaban J connectivity index is 2.33. The molecule has 0 aliphatic carbocycles. The lowest BCUT2D eigenvalue weighted by molar-refractivity contribution is 1.12. The lowest BCUT2D eigenvalue weighted by Gasteiger charge is -1.88. The van der Waals surface area contributed by atoms with E-state index in [9.17, 15) is 0 Å². The first kappa shape index (κ1) is 7.64. The highest BCUT2D eigenvalue weighted by molar-refractivity contribution is 7.13. The molecule has 3 aromatic rings. The summed E-state index contributed by atoms with van der Waals surface area (Å²) in [5, 5.41) is 9.96. The van der Waals surface area contributed by atoms with Crippen molar-refractivity contribution in [1.82, 2.24) is 20.2 Å². The van der Waals surface area contributed by atoms with Gasteiger partial charge in [-0.05, 0) is 12.1 Å². The van der Waals surface area contributed by atoms with E-state index < -0.39 is 0 Å². The van der Waals surface area contributed by atoms with Crippen molar-refractivity contribution < 1.29 is 0 Å². The van der Waals surface area contributed by atoms with Crippen LogP contribution in [0.15, 0.2) is 29.9 Å². The summed E-state index contributed by atoms with van der Waals surface area (Å²) in [6.45, 7) is 0. The second-order valence-corrected chi connectivity index (χ2v) is 3.70. The van der Waals surface area contributed by atoms with Crippen LogP contribution in [0.4, 0.5) is 0 Å². The maximum absolute atomic E-state index is 4.27. The molecule has 0 bridgehead atoms. The summed E-state index contributed by atoms with van der Waals surface area (Å²) in [7, 11) is 0. The van der Waals surface area contributed by atoms with Crippen molar-refractivity contribution >= 4 is 22.4 Å². The molecule has 14 heavy (non-hydrogen) atoms. The number of hydrogen-bond acceptors (Lipinski definition) is 4. The number of hydrogen-bond donors (Lipinski definition) is 1. The topological polar surface area (TPSA) is 54.5 Å². The highest BCUT2D eigenvalue weighted by atomic mass is 32.1. The van der Waals surface area contributed by atoms with Crippen molar-refractivity contribution in [1.29, 1.82) is 0 Å².